The molecule has 1 rings (SSSR count). The molecule has 0 aliphatic heterocycles. The van der Waals surface area contributed by atoms with Crippen molar-refractivity contribution in [2.75, 3.05) is 12.3 Å². The fourth-order valence-electron chi connectivity index (χ4n) is 1.75. The van der Waals surface area contributed by atoms with Gasteiger partial charge in [0.2, 0.25) is 0 Å². The second-order valence-corrected chi connectivity index (χ2v) is 5.51. The van der Waals surface area contributed by atoms with E-state index in [0.717, 1.165) is 19.0 Å². The molecule has 1 aromatic carbocycles. The third kappa shape index (κ3) is 5.60. The van der Waals surface area contributed by atoms with Crippen molar-refractivity contribution in [3.8, 4) is 0 Å². The van der Waals surface area contributed by atoms with Crippen molar-refractivity contribution in [2.45, 2.75) is 45.1 Å². The summed E-state index contributed by atoms with van der Waals surface area (Å²) in [6.45, 7) is 8.74. The van der Waals surface area contributed by atoms with Gasteiger partial charge in [0.1, 0.15) is 0 Å². The molecule has 2 heteroatoms. The molecule has 1 nitrogen and oxygen atoms in total. The van der Waals surface area contributed by atoms with Crippen LogP contribution in [0.1, 0.15) is 39.2 Å². The Hall–Kier alpha value is -0.470. The molecule has 1 N–H and O–H groups in total. The van der Waals surface area contributed by atoms with Gasteiger partial charge in [0.25, 0.3) is 0 Å². The van der Waals surface area contributed by atoms with E-state index in [9.17, 15) is 0 Å². The SMILES string of the molecule is CCNCc1cccc(SCC(CC)CC)c1. The number of nitrogens with one attached hydrogen (secondary N) is 1. The van der Waals surface area contributed by atoms with Gasteiger partial charge in [-0.2, -0.15) is 0 Å². The lowest BCUT2D eigenvalue weighted by Crippen LogP contribution is -2.11. The largest absolute Gasteiger partial charge is 0.313 e. The standard InChI is InChI=1S/C15H25NS/c1-4-13(5-2)12-17-15-9-7-8-14(10-15)11-16-6-3/h7-10,13,16H,4-6,11-12H2,1-3H3. The Morgan fingerprint density at radius 3 is 2.59 bits per heavy atom. The lowest BCUT2D eigenvalue weighted by molar-refractivity contribution is 0.554. The summed E-state index contributed by atoms with van der Waals surface area (Å²) in [6.07, 6.45) is 2.58. The highest BCUT2D eigenvalue weighted by Gasteiger charge is 2.04. The number of thioether (sulfide) groups is 1. The van der Waals surface area contributed by atoms with Crippen LogP contribution in [0.25, 0.3) is 0 Å². The second-order valence-electron chi connectivity index (χ2n) is 4.42. The number of rotatable bonds is 8. The molecular weight excluding hydrogens is 226 g/mol. The lowest BCUT2D eigenvalue weighted by Gasteiger charge is -2.12. The van der Waals surface area contributed by atoms with Gasteiger partial charge in [-0.15, -0.1) is 11.8 Å². The van der Waals surface area contributed by atoms with Crippen LogP contribution in [0.3, 0.4) is 0 Å². The van der Waals surface area contributed by atoms with Gasteiger partial charge in [-0.25, -0.2) is 0 Å². The van der Waals surface area contributed by atoms with Crippen LogP contribution in [0.5, 0.6) is 0 Å². The van der Waals surface area contributed by atoms with Crippen LogP contribution in [0.4, 0.5) is 0 Å². The van der Waals surface area contributed by atoms with Gasteiger partial charge in [0.05, 0.1) is 0 Å². The average Bonchev–Trinajstić information content (AvgIpc) is 2.38. The maximum atomic E-state index is 3.37. The van der Waals surface area contributed by atoms with Gasteiger partial charge in [-0.05, 0) is 30.2 Å². The molecule has 0 atom stereocenters. The molecule has 0 fully saturated rings. The zero-order valence-electron chi connectivity index (χ0n) is 11.3. The fraction of sp³-hybridized carbons (Fsp3) is 0.600. The molecule has 17 heavy (non-hydrogen) atoms. The van der Waals surface area contributed by atoms with Crippen molar-refractivity contribution in [3.63, 3.8) is 0 Å². The highest BCUT2D eigenvalue weighted by molar-refractivity contribution is 7.99. The summed E-state index contributed by atoms with van der Waals surface area (Å²) in [5.74, 6) is 2.11. The number of benzene rings is 1. The second kappa shape index (κ2) is 8.60. The van der Waals surface area contributed by atoms with Crippen molar-refractivity contribution in [2.24, 2.45) is 5.92 Å². The maximum absolute atomic E-state index is 3.37. The Morgan fingerprint density at radius 2 is 1.94 bits per heavy atom. The van der Waals surface area contributed by atoms with Crippen LogP contribution in [-0.4, -0.2) is 12.3 Å². The molecule has 0 aromatic heterocycles. The predicted octanol–water partition coefficient (Wildman–Crippen LogP) is 4.32. The molecule has 0 aliphatic carbocycles. The van der Waals surface area contributed by atoms with Gasteiger partial charge < -0.3 is 5.32 Å². The Bertz CT molecular complexity index is 308. The molecule has 0 heterocycles. The molecule has 0 amide bonds. The fourth-order valence-corrected chi connectivity index (χ4v) is 3.06. The molecule has 1 aromatic rings. The molecule has 0 saturated heterocycles. The molecular formula is C15H25NS. The first-order valence-electron chi connectivity index (χ1n) is 6.72. The Labute approximate surface area is 110 Å². The number of hydrogen-bond acceptors (Lipinski definition) is 2. The minimum absolute atomic E-state index is 0.859. The van der Waals surface area contributed by atoms with Crippen LogP contribution < -0.4 is 5.32 Å². The van der Waals surface area contributed by atoms with Crippen LogP contribution >= 0.6 is 11.8 Å². The van der Waals surface area contributed by atoms with Crippen LogP contribution in [0, 0.1) is 5.92 Å². The summed E-state index contributed by atoms with van der Waals surface area (Å²) in [4.78, 5) is 1.41. The van der Waals surface area contributed by atoms with E-state index in [1.165, 1.54) is 29.1 Å². The summed E-state index contributed by atoms with van der Waals surface area (Å²) < 4.78 is 0. The summed E-state index contributed by atoms with van der Waals surface area (Å²) in [6, 6.07) is 8.91. The van der Waals surface area contributed by atoms with Crippen molar-refractivity contribution in [1.82, 2.24) is 5.32 Å². The Kier molecular flexibility index (Phi) is 7.38. The molecule has 0 saturated carbocycles. The van der Waals surface area contributed by atoms with Gasteiger partial charge in [-0.3, -0.25) is 0 Å². The molecule has 0 bridgehead atoms. The van der Waals surface area contributed by atoms with E-state index in [0.29, 0.717) is 0 Å². The molecule has 96 valence electrons. The zero-order valence-corrected chi connectivity index (χ0v) is 12.1. The van der Waals surface area contributed by atoms with Crippen LogP contribution in [0.2, 0.25) is 0 Å². The van der Waals surface area contributed by atoms with Crippen LogP contribution in [0.15, 0.2) is 29.2 Å². The third-order valence-corrected chi connectivity index (χ3v) is 4.34. The van der Waals surface area contributed by atoms with Crippen molar-refractivity contribution < 1.29 is 0 Å². The smallest absolute Gasteiger partial charge is 0.0205 e. The first-order chi connectivity index (χ1) is 8.30. The van der Waals surface area contributed by atoms with E-state index in [2.05, 4.69) is 50.4 Å². The van der Waals surface area contributed by atoms with Gasteiger partial charge in [-0.1, -0.05) is 45.7 Å². The summed E-state index contributed by atoms with van der Waals surface area (Å²) >= 11 is 2.00. The Balaban J connectivity index is 2.47. The first-order valence-corrected chi connectivity index (χ1v) is 7.71. The van der Waals surface area contributed by atoms with Crippen molar-refractivity contribution >= 4 is 11.8 Å². The van der Waals surface area contributed by atoms with E-state index >= 15 is 0 Å². The molecule has 0 aliphatic rings. The van der Waals surface area contributed by atoms with Gasteiger partial charge in [0.15, 0.2) is 0 Å². The van der Waals surface area contributed by atoms with Crippen molar-refractivity contribution in [3.05, 3.63) is 29.8 Å². The molecule has 0 unspecified atom stereocenters. The normalized spacial score (nSPS) is 11.1. The number of hydrogen-bond donors (Lipinski definition) is 1. The zero-order chi connectivity index (χ0) is 12.5. The van der Waals surface area contributed by atoms with E-state index in [4.69, 9.17) is 0 Å². The van der Waals surface area contributed by atoms with E-state index in [1.54, 1.807) is 0 Å². The molecule has 0 radical (unpaired) electrons. The minimum atomic E-state index is 0.859. The van der Waals surface area contributed by atoms with E-state index in [-0.39, 0.29) is 0 Å². The quantitative estimate of drug-likeness (QED) is 0.690. The minimum Gasteiger partial charge on any atom is -0.313 e. The van der Waals surface area contributed by atoms with Gasteiger partial charge >= 0.3 is 0 Å². The highest BCUT2D eigenvalue weighted by Crippen LogP contribution is 2.24. The topological polar surface area (TPSA) is 12.0 Å². The maximum Gasteiger partial charge on any atom is 0.0205 e. The van der Waals surface area contributed by atoms with Gasteiger partial charge in [0, 0.05) is 17.2 Å². The lowest BCUT2D eigenvalue weighted by atomic mass is 10.1. The summed E-state index contributed by atoms with van der Waals surface area (Å²) in [5.41, 5.74) is 1.39. The highest BCUT2D eigenvalue weighted by atomic mass is 32.2. The van der Waals surface area contributed by atoms with E-state index < -0.39 is 0 Å². The van der Waals surface area contributed by atoms with E-state index in [1.807, 2.05) is 11.8 Å². The summed E-state index contributed by atoms with van der Waals surface area (Å²) in [7, 11) is 0. The first kappa shape index (κ1) is 14.6. The predicted molar refractivity (Wildman–Crippen MR) is 78.6 cm³/mol. The monoisotopic (exact) mass is 251 g/mol. The third-order valence-electron chi connectivity index (χ3n) is 3.12. The summed E-state index contributed by atoms with van der Waals surface area (Å²) in [5, 5.41) is 3.37. The van der Waals surface area contributed by atoms with Crippen molar-refractivity contribution in [1.29, 1.82) is 0 Å². The Morgan fingerprint density at radius 1 is 1.18 bits per heavy atom. The molecule has 0 spiro atoms. The average molecular weight is 251 g/mol. The van der Waals surface area contributed by atoms with Crippen LogP contribution in [-0.2, 0) is 6.54 Å².